The topological polar surface area (TPSA) is 138 Å². The first-order valence-electron chi connectivity index (χ1n) is 15.2. The van der Waals surface area contributed by atoms with Crippen LogP contribution in [0, 0.1) is 6.92 Å². The fraction of sp³-hybridized carbons (Fsp3) is 0.353. The standard InChI is InChI=1S/C34H36N2O9S/c1-6-9-10-16-44-22-15-14-20(17-24(22)42-7-2)27-26(28(37)25-18-21-12-11-13-23(41-5)30(21)45-25)29(38)32(39)36(27)34-35-19(4)31(46-34)33(40)43-8-3/h11-15,17-18,27,38H,6-10,16H2,1-5H3. The van der Waals surface area contributed by atoms with Crippen LogP contribution in [-0.4, -0.2) is 54.7 Å². The molecule has 2 aromatic heterocycles. The normalized spacial score (nSPS) is 14.7. The number of carbonyl (C=O) groups excluding carboxylic acids is 3. The molecule has 2 aromatic carbocycles. The Labute approximate surface area is 270 Å². The molecule has 5 rings (SSSR count). The van der Waals surface area contributed by atoms with Crippen molar-refractivity contribution in [1.82, 2.24) is 4.98 Å². The molecule has 0 spiro atoms. The maximum Gasteiger partial charge on any atom is 0.350 e. The number of aromatic nitrogens is 1. The number of esters is 1. The Bertz CT molecular complexity index is 1810. The number of amides is 1. The molecule has 46 heavy (non-hydrogen) atoms. The molecule has 4 aromatic rings. The summed E-state index contributed by atoms with van der Waals surface area (Å²) >= 11 is 0.935. The van der Waals surface area contributed by atoms with Crippen molar-refractivity contribution in [2.75, 3.05) is 31.8 Å². The van der Waals surface area contributed by atoms with Gasteiger partial charge in [0.2, 0.25) is 5.78 Å². The van der Waals surface area contributed by atoms with Crippen LogP contribution in [0.2, 0.25) is 0 Å². The first kappa shape index (κ1) is 32.6. The van der Waals surface area contributed by atoms with Gasteiger partial charge in [-0.15, -0.1) is 0 Å². The minimum atomic E-state index is -1.15. The van der Waals surface area contributed by atoms with Gasteiger partial charge in [-0.1, -0.05) is 49.3 Å². The van der Waals surface area contributed by atoms with E-state index in [9.17, 15) is 19.5 Å². The molecule has 1 unspecified atom stereocenters. The number of methoxy groups -OCH3 is 1. The van der Waals surface area contributed by atoms with Gasteiger partial charge in [0, 0.05) is 5.39 Å². The van der Waals surface area contributed by atoms with Crippen LogP contribution in [0.25, 0.3) is 11.0 Å². The maximum atomic E-state index is 14.2. The third-order valence-corrected chi connectivity index (χ3v) is 8.58. The molecule has 1 N–H and O–H groups in total. The number of carbonyl (C=O) groups is 3. The number of hydrogen-bond donors (Lipinski definition) is 1. The average molecular weight is 649 g/mol. The number of ether oxygens (including phenoxy) is 4. The highest BCUT2D eigenvalue weighted by molar-refractivity contribution is 7.17. The first-order valence-corrected chi connectivity index (χ1v) is 16.0. The van der Waals surface area contributed by atoms with Crippen LogP contribution in [0.15, 0.2) is 58.2 Å². The smallest absolute Gasteiger partial charge is 0.350 e. The zero-order valence-electron chi connectivity index (χ0n) is 26.4. The van der Waals surface area contributed by atoms with Gasteiger partial charge >= 0.3 is 5.97 Å². The van der Waals surface area contributed by atoms with E-state index < -0.39 is 29.5 Å². The zero-order valence-corrected chi connectivity index (χ0v) is 27.2. The number of unbranched alkanes of at least 4 members (excludes halogenated alkanes) is 2. The molecule has 242 valence electrons. The SMILES string of the molecule is CCCCCOc1ccc(C2C(C(=O)c3cc4cccc(OC)c4o3)=C(O)C(=O)N2c2nc(C)c(C(=O)OCC)s2)cc1OCC. The predicted octanol–water partition coefficient (Wildman–Crippen LogP) is 7.13. The molecule has 0 aliphatic carbocycles. The fourth-order valence-electron chi connectivity index (χ4n) is 5.28. The van der Waals surface area contributed by atoms with E-state index in [0.717, 1.165) is 30.6 Å². The van der Waals surface area contributed by atoms with Crippen molar-refractivity contribution in [2.24, 2.45) is 0 Å². The van der Waals surface area contributed by atoms with Gasteiger partial charge in [-0.2, -0.15) is 0 Å². The summed E-state index contributed by atoms with van der Waals surface area (Å²) in [6, 6.07) is 10.7. The molecule has 12 heteroatoms. The number of rotatable bonds is 14. The van der Waals surface area contributed by atoms with E-state index in [2.05, 4.69) is 11.9 Å². The third kappa shape index (κ3) is 6.17. The Balaban J connectivity index is 1.63. The van der Waals surface area contributed by atoms with E-state index in [4.69, 9.17) is 23.4 Å². The molecule has 0 bridgehead atoms. The van der Waals surface area contributed by atoms with Gasteiger partial charge in [-0.05, 0) is 57.0 Å². The van der Waals surface area contributed by atoms with Crippen molar-refractivity contribution in [3.63, 3.8) is 0 Å². The van der Waals surface area contributed by atoms with Crippen molar-refractivity contribution >= 4 is 45.1 Å². The molecule has 11 nitrogen and oxygen atoms in total. The number of para-hydroxylation sites is 1. The Morgan fingerprint density at radius 1 is 1.02 bits per heavy atom. The minimum absolute atomic E-state index is 0.0934. The van der Waals surface area contributed by atoms with Crippen LogP contribution >= 0.6 is 11.3 Å². The first-order chi connectivity index (χ1) is 22.2. The van der Waals surface area contributed by atoms with E-state index in [1.165, 1.54) is 18.1 Å². The van der Waals surface area contributed by atoms with Crippen molar-refractivity contribution in [1.29, 1.82) is 0 Å². The zero-order chi connectivity index (χ0) is 33.0. The number of thiazole rings is 1. The highest BCUT2D eigenvalue weighted by Gasteiger charge is 2.47. The number of benzene rings is 2. The van der Waals surface area contributed by atoms with Crippen LogP contribution in [0.4, 0.5) is 5.13 Å². The second-order valence-corrected chi connectivity index (χ2v) is 11.5. The second kappa shape index (κ2) is 14.1. The van der Waals surface area contributed by atoms with Gasteiger partial charge in [0.15, 0.2) is 39.5 Å². The van der Waals surface area contributed by atoms with Crippen LogP contribution in [0.1, 0.15) is 77.6 Å². The van der Waals surface area contributed by atoms with E-state index >= 15 is 0 Å². The molecular weight excluding hydrogens is 612 g/mol. The molecule has 0 fully saturated rings. The fourth-order valence-corrected chi connectivity index (χ4v) is 6.27. The molecular formula is C34H36N2O9S. The lowest BCUT2D eigenvalue weighted by Crippen LogP contribution is -2.31. The summed E-state index contributed by atoms with van der Waals surface area (Å²) in [5.41, 5.74) is 0.931. The second-order valence-electron chi connectivity index (χ2n) is 10.5. The van der Waals surface area contributed by atoms with E-state index in [1.54, 1.807) is 50.2 Å². The molecule has 1 amide bonds. The van der Waals surface area contributed by atoms with Crippen LogP contribution in [-0.2, 0) is 9.53 Å². The van der Waals surface area contributed by atoms with Gasteiger partial charge in [0.1, 0.15) is 4.88 Å². The van der Waals surface area contributed by atoms with Crippen LogP contribution in [0.3, 0.4) is 0 Å². The summed E-state index contributed by atoms with van der Waals surface area (Å²) in [6.07, 6.45) is 2.94. The number of furan rings is 1. The van der Waals surface area contributed by atoms with Gasteiger partial charge in [0.25, 0.3) is 5.91 Å². The Morgan fingerprint density at radius 3 is 2.54 bits per heavy atom. The summed E-state index contributed by atoms with van der Waals surface area (Å²) in [5.74, 6) is -1.64. The van der Waals surface area contributed by atoms with E-state index in [1.807, 2.05) is 6.92 Å². The summed E-state index contributed by atoms with van der Waals surface area (Å²) in [5, 5.41) is 12.0. The quantitative estimate of drug-likeness (QED) is 0.0853. The van der Waals surface area contributed by atoms with Crippen LogP contribution < -0.4 is 19.1 Å². The maximum absolute atomic E-state index is 14.2. The molecule has 0 saturated heterocycles. The van der Waals surface area contributed by atoms with Crippen molar-refractivity contribution in [3.05, 3.63) is 75.7 Å². The summed E-state index contributed by atoms with van der Waals surface area (Å²) < 4.78 is 28.4. The number of ketones is 1. The number of aliphatic hydroxyl groups is 1. The van der Waals surface area contributed by atoms with E-state index in [-0.39, 0.29) is 27.9 Å². The number of aliphatic hydroxyl groups excluding tert-OH is 1. The Hall–Kier alpha value is -4.84. The monoisotopic (exact) mass is 648 g/mol. The van der Waals surface area contributed by atoms with Crippen molar-refractivity contribution in [3.8, 4) is 17.2 Å². The highest BCUT2D eigenvalue weighted by atomic mass is 32.1. The lowest BCUT2D eigenvalue weighted by molar-refractivity contribution is -0.117. The Morgan fingerprint density at radius 2 is 1.83 bits per heavy atom. The summed E-state index contributed by atoms with van der Waals surface area (Å²) in [7, 11) is 1.49. The molecule has 0 saturated carbocycles. The van der Waals surface area contributed by atoms with E-state index in [0.29, 0.717) is 52.7 Å². The van der Waals surface area contributed by atoms with Crippen molar-refractivity contribution in [2.45, 2.75) is 53.0 Å². The number of Topliss-reactive ketones (excluding diaryl/α,β-unsaturated/α-hetero) is 1. The Kier molecular flexibility index (Phi) is 9.96. The number of fused-ring (bicyclic) bond motifs is 1. The molecule has 0 radical (unpaired) electrons. The number of hydrogen-bond acceptors (Lipinski definition) is 11. The largest absolute Gasteiger partial charge is 0.503 e. The molecule has 1 atom stereocenters. The lowest BCUT2D eigenvalue weighted by atomic mass is 9.95. The van der Waals surface area contributed by atoms with Gasteiger partial charge < -0.3 is 28.5 Å². The number of nitrogens with zero attached hydrogens (tertiary/aromatic N) is 2. The molecule has 1 aliphatic heterocycles. The number of aryl methyl sites for hydroxylation is 1. The van der Waals surface area contributed by atoms with Gasteiger partial charge in [-0.3, -0.25) is 14.5 Å². The highest BCUT2D eigenvalue weighted by Crippen LogP contribution is 2.46. The average Bonchev–Trinajstić information content (AvgIpc) is 3.73. The molecule has 1 aliphatic rings. The third-order valence-electron chi connectivity index (χ3n) is 7.45. The molecule has 3 heterocycles. The van der Waals surface area contributed by atoms with Gasteiger partial charge in [-0.25, -0.2) is 9.78 Å². The summed E-state index contributed by atoms with van der Waals surface area (Å²) in [4.78, 5) is 46.6. The predicted molar refractivity (Wildman–Crippen MR) is 172 cm³/mol. The summed E-state index contributed by atoms with van der Waals surface area (Å²) in [6.45, 7) is 8.26. The lowest BCUT2D eigenvalue weighted by Gasteiger charge is -2.25. The number of anilines is 1. The van der Waals surface area contributed by atoms with Gasteiger partial charge in [0.05, 0.1) is 44.2 Å². The van der Waals surface area contributed by atoms with Crippen LogP contribution in [0.5, 0.6) is 17.2 Å². The minimum Gasteiger partial charge on any atom is -0.503 e. The van der Waals surface area contributed by atoms with Crippen molar-refractivity contribution < 1.29 is 42.9 Å².